The van der Waals surface area contributed by atoms with Crippen LogP contribution in [0, 0.1) is 11.6 Å². The van der Waals surface area contributed by atoms with Gasteiger partial charge in [-0.3, -0.25) is 4.79 Å². The highest BCUT2D eigenvalue weighted by Crippen LogP contribution is 2.31. The summed E-state index contributed by atoms with van der Waals surface area (Å²) in [6.07, 6.45) is 2.00. The Kier molecular flexibility index (Phi) is 5.79. The third kappa shape index (κ3) is 4.59. The maximum atomic E-state index is 13.5. The number of amides is 1. The molecule has 1 N–H and O–H groups in total. The van der Waals surface area contributed by atoms with Gasteiger partial charge >= 0.3 is 0 Å². The van der Waals surface area contributed by atoms with Crippen molar-refractivity contribution in [1.29, 1.82) is 0 Å². The summed E-state index contributed by atoms with van der Waals surface area (Å²) in [4.78, 5) is 22.2. The largest absolute Gasteiger partial charge is 0.376 e. The molecule has 3 aromatic carbocycles. The molecule has 2 heterocycles. The van der Waals surface area contributed by atoms with Gasteiger partial charge in [-0.15, -0.1) is 0 Å². The molecule has 0 saturated carbocycles. The molecular weight excluding hydrogens is 424 g/mol. The number of fused-ring (bicyclic) bond motifs is 1. The van der Waals surface area contributed by atoms with E-state index in [2.05, 4.69) is 5.32 Å². The fraction of sp³-hybridized carbons (Fsp3) is 0.192. The smallest absolute Gasteiger partial charge is 0.251 e. The molecule has 0 aliphatic carbocycles. The lowest BCUT2D eigenvalue weighted by Crippen LogP contribution is -2.31. The van der Waals surface area contributed by atoms with Crippen molar-refractivity contribution < 1.29 is 18.3 Å². The van der Waals surface area contributed by atoms with Gasteiger partial charge in [0.15, 0.2) is 0 Å². The number of nitrogens with zero attached hydrogens (tertiary/aromatic N) is 2. The van der Waals surface area contributed by atoms with Crippen molar-refractivity contribution in [2.75, 3.05) is 13.2 Å². The monoisotopic (exact) mass is 445 g/mol. The van der Waals surface area contributed by atoms with Crippen LogP contribution in [-0.4, -0.2) is 35.1 Å². The van der Waals surface area contributed by atoms with Crippen LogP contribution in [0.4, 0.5) is 8.78 Å². The van der Waals surface area contributed by atoms with Gasteiger partial charge in [-0.05, 0) is 79.6 Å². The Bertz CT molecular complexity index is 1300. The van der Waals surface area contributed by atoms with Crippen LogP contribution >= 0.6 is 0 Å². The van der Waals surface area contributed by atoms with E-state index in [0.29, 0.717) is 45.7 Å². The SMILES string of the molecule is O=C(NC[C@H]1CCCO1)c1ccc2nc(-c3ccc(F)cc3)c(-c3ccc(F)cc3)nc2c1. The third-order valence-corrected chi connectivity index (χ3v) is 5.68. The van der Waals surface area contributed by atoms with Crippen LogP contribution in [0.15, 0.2) is 66.7 Å². The molecule has 1 saturated heterocycles. The zero-order valence-corrected chi connectivity index (χ0v) is 17.7. The summed E-state index contributed by atoms with van der Waals surface area (Å²) < 4.78 is 32.6. The lowest BCUT2D eigenvalue weighted by Gasteiger charge is -2.13. The summed E-state index contributed by atoms with van der Waals surface area (Å²) in [5, 5.41) is 2.91. The number of rotatable bonds is 5. The molecule has 1 aliphatic heterocycles. The quantitative estimate of drug-likeness (QED) is 0.461. The molecule has 1 aliphatic rings. The summed E-state index contributed by atoms with van der Waals surface area (Å²) in [5.74, 6) is -0.921. The standard InChI is InChI=1S/C26H21F2N3O2/c27-19-8-3-16(4-9-19)24-25(17-5-10-20(28)11-6-17)31-23-14-18(7-12-22(23)30-24)26(32)29-15-21-2-1-13-33-21/h3-12,14,21H,1-2,13,15H2,(H,29,32)/t21-/m1/s1. The maximum absolute atomic E-state index is 13.5. The molecule has 7 heteroatoms. The van der Waals surface area contributed by atoms with Crippen LogP contribution in [-0.2, 0) is 4.74 Å². The van der Waals surface area contributed by atoms with E-state index in [1.165, 1.54) is 24.3 Å². The van der Waals surface area contributed by atoms with Crippen LogP contribution < -0.4 is 5.32 Å². The van der Waals surface area contributed by atoms with E-state index in [9.17, 15) is 13.6 Å². The van der Waals surface area contributed by atoms with Crippen LogP contribution in [0.2, 0.25) is 0 Å². The van der Waals surface area contributed by atoms with Crippen molar-refractivity contribution >= 4 is 16.9 Å². The minimum Gasteiger partial charge on any atom is -0.376 e. The molecule has 1 aromatic heterocycles. The van der Waals surface area contributed by atoms with Crippen molar-refractivity contribution in [3.05, 3.63) is 83.9 Å². The van der Waals surface area contributed by atoms with Gasteiger partial charge in [0.05, 0.1) is 28.5 Å². The summed E-state index contributed by atoms with van der Waals surface area (Å²) in [6, 6.07) is 17.1. The maximum Gasteiger partial charge on any atom is 0.251 e. The van der Waals surface area contributed by atoms with Gasteiger partial charge in [-0.1, -0.05) is 0 Å². The lowest BCUT2D eigenvalue weighted by molar-refractivity contribution is 0.0858. The van der Waals surface area contributed by atoms with Crippen LogP contribution in [0.3, 0.4) is 0 Å². The van der Waals surface area contributed by atoms with Crippen molar-refractivity contribution in [2.24, 2.45) is 0 Å². The van der Waals surface area contributed by atoms with Gasteiger partial charge in [0.2, 0.25) is 0 Å². The Morgan fingerprint density at radius 1 is 0.879 bits per heavy atom. The molecule has 33 heavy (non-hydrogen) atoms. The molecule has 1 fully saturated rings. The van der Waals surface area contributed by atoms with Gasteiger partial charge in [0, 0.05) is 29.8 Å². The number of nitrogens with one attached hydrogen (secondary N) is 1. The Hall–Kier alpha value is -3.71. The van der Waals surface area contributed by atoms with Gasteiger partial charge in [0.25, 0.3) is 5.91 Å². The Morgan fingerprint density at radius 3 is 2.06 bits per heavy atom. The number of hydrogen-bond acceptors (Lipinski definition) is 4. The van der Waals surface area contributed by atoms with Gasteiger partial charge < -0.3 is 10.1 Å². The molecule has 1 atom stereocenters. The molecule has 1 amide bonds. The minimum absolute atomic E-state index is 0.0533. The number of carbonyl (C=O) groups is 1. The fourth-order valence-corrected chi connectivity index (χ4v) is 3.93. The van der Waals surface area contributed by atoms with Gasteiger partial charge in [0.1, 0.15) is 11.6 Å². The lowest BCUT2D eigenvalue weighted by atomic mass is 10.0. The summed E-state index contributed by atoms with van der Waals surface area (Å²) in [7, 11) is 0. The number of carbonyl (C=O) groups excluding carboxylic acids is 1. The average Bonchev–Trinajstić information content (AvgIpc) is 3.36. The van der Waals surface area contributed by atoms with Crippen molar-refractivity contribution in [3.8, 4) is 22.5 Å². The van der Waals surface area contributed by atoms with Crippen molar-refractivity contribution in [3.63, 3.8) is 0 Å². The molecular formula is C26H21F2N3O2. The zero-order chi connectivity index (χ0) is 22.8. The normalized spacial score (nSPS) is 15.6. The molecule has 5 nitrogen and oxygen atoms in total. The van der Waals surface area contributed by atoms with Crippen LogP contribution in [0.25, 0.3) is 33.5 Å². The number of ether oxygens (including phenoxy) is 1. The van der Waals surface area contributed by atoms with E-state index in [1.807, 2.05) is 0 Å². The zero-order valence-electron chi connectivity index (χ0n) is 17.7. The first-order valence-corrected chi connectivity index (χ1v) is 10.8. The molecule has 0 bridgehead atoms. The van der Waals surface area contributed by atoms with Crippen LogP contribution in [0.1, 0.15) is 23.2 Å². The second-order valence-electron chi connectivity index (χ2n) is 7.98. The van der Waals surface area contributed by atoms with Crippen LogP contribution in [0.5, 0.6) is 0 Å². The molecule has 166 valence electrons. The first kappa shape index (κ1) is 21.2. The topological polar surface area (TPSA) is 64.1 Å². The van der Waals surface area contributed by atoms with E-state index in [-0.39, 0.29) is 23.6 Å². The number of halogens is 2. The first-order chi connectivity index (χ1) is 16.1. The second kappa shape index (κ2) is 9.03. The van der Waals surface area contributed by atoms with E-state index >= 15 is 0 Å². The van der Waals surface area contributed by atoms with E-state index in [1.54, 1.807) is 42.5 Å². The Balaban J connectivity index is 1.54. The predicted molar refractivity (Wildman–Crippen MR) is 122 cm³/mol. The third-order valence-electron chi connectivity index (χ3n) is 5.68. The number of aromatic nitrogens is 2. The highest BCUT2D eigenvalue weighted by Gasteiger charge is 2.18. The second-order valence-corrected chi connectivity index (χ2v) is 7.98. The summed E-state index contributed by atoms with van der Waals surface area (Å²) in [5.41, 5.74) is 4.01. The summed E-state index contributed by atoms with van der Waals surface area (Å²) >= 11 is 0. The number of benzene rings is 3. The molecule has 5 rings (SSSR count). The van der Waals surface area contributed by atoms with Crippen molar-refractivity contribution in [2.45, 2.75) is 18.9 Å². The van der Waals surface area contributed by atoms with E-state index in [0.717, 1.165) is 19.4 Å². The molecule has 0 spiro atoms. The highest BCUT2D eigenvalue weighted by molar-refractivity contribution is 5.98. The average molecular weight is 445 g/mol. The molecule has 4 aromatic rings. The van der Waals surface area contributed by atoms with Gasteiger partial charge in [-0.2, -0.15) is 0 Å². The predicted octanol–water partition coefficient (Wildman–Crippen LogP) is 5.15. The summed E-state index contributed by atoms with van der Waals surface area (Å²) in [6.45, 7) is 1.20. The van der Waals surface area contributed by atoms with E-state index in [4.69, 9.17) is 14.7 Å². The van der Waals surface area contributed by atoms with Crippen molar-refractivity contribution in [1.82, 2.24) is 15.3 Å². The van der Waals surface area contributed by atoms with Gasteiger partial charge in [-0.25, -0.2) is 18.7 Å². The highest BCUT2D eigenvalue weighted by atomic mass is 19.1. The Labute approximate surface area is 189 Å². The van der Waals surface area contributed by atoms with E-state index < -0.39 is 0 Å². The fourth-order valence-electron chi connectivity index (χ4n) is 3.93. The first-order valence-electron chi connectivity index (χ1n) is 10.8. The Morgan fingerprint density at radius 2 is 1.48 bits per heavy atom. The molecule has 0 radical (unpaired) electrons. The molecule has 0 unspecified atom stereocenters. The minimum atomic E-state index is -0.360. The number of hydrogen-bond donors (Lipinski definition) is 1.